The molecule has 6 heteroatoms. The summed E-state index contributed by atoms with van der Waals surface area (Å²) < 4.78 is 5.21. The van der Waals surface area contributed by atoms with E-state index in [9.17, 15) is 4.79 Å². The number of alkyl carbamates (subject to hydrolysis) is 1. The molecule has 1 fully saturated rings. The fourth-order valence-electron chi connectivity index (χ4n) is 3.20. The quantitative estimate of drug-likeness (QED) is 0.486. The van der Waals surface area contributed by atoms with Gasteiger partial charge in [-0.3, -0.25) is 0 Å². The molecule has 0 spiro atoms. The molecule has 0 aliphatic heterocycles. The van der Waals surface area contributed by atoms with Gasteiger partial charge in [0.05, 0.1) is 0 Å². The standard InChI is InChI=1S/C20H39N3O2S/c1-20(2,3)25-19(24)22-16-15-21-18(26)23-17-13-11-9-7-5-4-6-8-10-12-14-17/h17H,4-16H2,1-3H3,(H,22,24)(H2,21,23,26). The summed E-state index contributed by atoms with van der Waals surface area (Å²) in [5.74, 6) is 0. The highest BCUT2D eigenvalue weighted by Gasteiger charge is 2.15. The van der Waals surface area contributed by atoms with Crippen LogP contribution in [0.2, 0.25) is 0 Å². The molecule has 1 aliphatic carbocycles. The first-order valence-electron chi connectivity index (χ1n) is 10.4. The molecule has 1 rings (SSSR count). The van der Waals surface area contributed by atoms with E-state index < -0.39 is 11.7 Å². The molecular weight excluding hydrogens is 346 g/mol. The van der Waals surface area contributed by atoms with Crippen molar-refractivity contribution in [2.24, 2.45) is 0 Å². The van der Waals surface area contributed by atoms with Crippen LogP contribution >= 0.6 is 12.2 Å². The molecule has 0 aromatic carbocycles. The predicted octanol–water partition coefficient (Wildman–Crippen LogP) is 4.65. The van der Waals surface area contributed by atoms with E-state index >= 15 is 0 Å². The topological polar surface area (TPSA) is 62.4 Å². The van der Waals surface area contributed by atoms with Crippen LogP contribution < -0.4 is 16.0 Å². The number of thiocarbonyl (C=S) groups is 1. The molecule has 152 valence electrons. The second kappa shape index (κ2) is 13.2. The van der Waals surface area contributed by atoms with Gasteiger partial charge in [0.1, 0.15) is 5.60 Å². The maximum atomic E-state index is 11.6. The third-order valence-corrected chi connectivity index (χ3v) is 4.78. The molecule has 0 aromatic heterocycles. The number of rotatable bonds is 4. The second-order valence-corrected chi connectivity index (χ2v) is 8.69. The highest BCUT2D eigenvalue weighted by molar-refractivity contribution is 7.80. The molecule has 1 saturated carbocycles. The SMILES string of the molecule is CC(C)(C)OC(=O)NCCNC(=S)NC1CCCCCCCCCCC1. The van der Waals surface area contributed by atoms with Gasteiger partial charge in [-0.25, -0.2) is 4.79 Å². The molecule has 0 atom stereocenters. The Balaban J connectivity index is 2.20. The third kappa shape index (κ3) is 13.2. The molecule has 0 heterocycles. The largest absolute Gasteiger partial charge is 0.444 e. The maximum absolute atomic E-state index is 11.6. The average molecular weight is 386 g/mol. The van der Waals surface area contributed by atoms with Gasteiger partial charge in [-0.2, -0.15) is 0 Å². The van der Waals surface area contributed by atoms with Gasteiger partial charge < -0.3 is 20.7 Å². The number of carbonyl (C=O) groups excluding carboxylic acids is 1. The van der Waals surface area contributed by atoms with Crippen LogP contribution in [0.25, 0.3) is 0 Å². The minimum atomic E-state index is -0.470. The van der Waals surface area contributed by atoms with E-state index in [1.54, 1.807) is 0 Å². The van der Waals surface area contributed by atoms with Crippen LogP contribution in [0.5, 0.6) is 0 Å². The van der Waals surface area contributed by atoms with Crippen LogP contribution in [-0.4, -0.2) is 35.9 Å². The maximum Gasteiger partial charge on any atom is 0.407 e. The smallest absolute Gasteiger partial charge is 0.407 e. The first-order valence-corrected chi connectivity index (χ1v) is 10.8. The highest BCUT2D eigenvalue weighted by atomic mass is 32.1. The number of ether oxygens (including phenoxy) is 1. The van der Waals surface area contributed by atoms with Crippen molar-refractivity contribution in [2.75, 3.05) is 13.1 Å². The van der Waals surface area contributed by atoms with E-state index in [1.165, 1.54) is 70.6 Å². The Morgan fingerprint density at radius 2 is 1.35 bits per heavy atom. The molecule has 26 heavy (non-hydrogen) atoms. The lowest BCUT2D eigenvalue weighted by molar-refractivity contribution is 0.0529. The number of nitrogens with one attached hydrogen (secondary N) is 3. The number of hydrogen-bond donors (Lipinski definition) is 3. The van der Waals surface area contributed by atoms with Gasteiger partial charge in [0.25, 0.3) is 0 Å². The Bertz CT molecular complexity index is 398. The van der Waals surface area contributed by atoms with Crippen molar-refractivity contribution in [3.05, 3.63) is 0 Å². The molecule has 3 N–H and O–H groups in total. The third-order valence-electron chi connectivity index (χ3n) is 4.52. The Morgan fingerprint density at radius 3 is 1.85 bits per heavy atom. The Kier molecular flexibility index (Phi) is 11.7. The highest BCUT2D eigenvalue weighted by Crippen LogP contribution is 2.16. The summed E-state index contributed by atoms with van der Waals surface area (Å²) in [6.07, 6.45) is 14.1. The summed E-state index contributed by atoms with van der Waals surface area (Å²) in [6.45, 7) is 6.64. The van der Waals surface area contributed by atoms with Crippen molar-refractivity contribution in [1.29, 1.82) is 0 Å². The summed E-state index contributed by atoms with van der Waals surface area (Å²) in [5, 5.41) is 10.1. The van der Waals surface area contributed by atoms with Crippen molar-refractivity contribution in [1.82, 2.24) is 16.0 Å². The Labute approximate surface area is 165 Å². The summed E-state index contributed by atoms with van der Waals surface area (Å²) in [7, 11) is 0. The number of carbonyl (C=O) groups is 1. The molecule has 1 aliphatic rings. The van der Waals surface area contributed by atoms with Crippen molar-refractivity contribution in [2.45, 2.75) is 103 Å². The van der Waals surface area contributed by atoms with Crippen molar-refractivity contribution >= 4 is 23.4 Å². The first kappa shape index (κ1) is 23.0. The van der Waals surface area contributed by atoms with Crippen LogP contribution in [0.15, 0.2) is 0 Å². The van der Waals surface area contributed by atoms with Crippen LogP contribution in [-0.2, 0) is 4.74 Å². The van der Waals surface area contributed by atoms with Crippen LogP contribution in [0.1, 0.15) is 91.4 Å². The second-order valence-electron chi connectivity index (χ2n) is 8.29. The number of hydrogen-bond acceptors (Lipinski definition) is 3. The normalized spacial score (nSPS) is 18.1. The zero-order valence-corrected chi connectivity index (χ0v) is 17.8. The zero-order chi connectivity index (χ0) is 19.3. The van der Waals surface area contributed by atoms with E-state index in [2.05, 4.69) is 16.0 Å². The predicted molar refractivity (Wildman–Crippen MR) is 113 cm³/mol. The van der Waals surface area contributed by atoms with Gasteiger partial charge in [-0.15, -0.1) is 0 Å². The van der Waals surface area contributed by atoms with E-state index in [1.807, 2.05) is 20.8 Å². The monoisotopic (exact) mass is 385 g/mol. The number of amides is 1. The lowest BCUT2D eigenvalue weighted by atomic mass is 9.98. The molecule has 0 aromatic rings. The molecule has 0 saturated heterocycles. The van der Waals surface area contributed by atoms with E-state index in [0.717, 1.165) is 0 Å². The summed E-state index contributed by atoms with van der Waals surface area (Å²) in [6, 6.07) is 0.466. The van der Waals surface area contributed by atoms with Crippen molar-refractivity contribution in [3.63, 3.8) is 0 Å². The molecule has 0 bridgehead atoms. The average Bonchev–Trinajstić information content (AvgIpc) is 2.52. The van der Waals surface area contributed by atoms with Gasteiger partial charge in [-0.1, -0.05) is 57.8 Å². The molecular formula is C20H39N3O2S. The van der Waals surface area contributed by atoms with Gasteiger partial charge in [-0.05, 0) is 45.8 Å². The van der Waals surface area contributed by atoms with Crippen molar-refractivity contribution < 1.29 is 9.53 Å². The van der Waals surface area contributed by atoms with E-state index in [0.29, 0.717) is 24.2 Å². The van der Waals surface area contributed by atoms with Crippen LogP contribution in [0, 0.1) is 0 Å². The Morgan fingerprint density at radius 1 is 0.885 bits per heavy atom. The minimum Gasteiger partial charge on any atom is -0.444 e. The van der Waals surface area contributed by atoms with Gasteiger partial charge in [0.15, 0.2) is 5.11 Å². The van der Waals surface area contributed by atoms with Crippen LogP contribution in [0.4, 0.5) is 4.79 Å². The van der Waals surface area contributed by atoms with E-state index in [4.69, 9.17) is 17.0 Å². The molecule has 0 radical (unpaired) electrons. The van der Waals surface area contributed by atoms with Crippen molar-refractivity contribution in [3.8, 4) is 0 Å². The minimum absolute atomic E-state index is 0.391. The van der Waals surface area contributed by atoms with Gasteiger partial charge >= 0.3 is 6.09 Å². The lowest BCUT2D eigenvalue weighted by Crippen LogP contribution is -2.44. The van der Waals surface area contributed by atoms with Gasteiger partial charge in [0.2, 0.25) is 0 Å². The molecule has 5 nitrogen and oxygen atoms in total. The summed E-state index contributed by atoms with van der Waals surface area (Å²) in [5.41, 5.74) is -0.470. The van der Waals surface area contributed by atoms with E-state index in [-0.39, 0.29) is 0 Å². The molecule has 0 unspecified atom stereocenters. The van der Waals surface area contributed by atoms with Gasteiger partial charge in [0, 0.05) is 19.1 Å². The fourth-order valence-corrected chi connectivity index (χ4v) is 3.47. The molecule has 1 amide bonds. The zero-order valence-electron chi connectivity index (χ0n) is 17.0. The lowest BCUT2D eigenvalue weighted by Gasteiger charge is -2.22. The Hall–Kier alpha value is -1.04. The summed E-state index contributed by atoms with van der Waals surface area (Å²) in [4.78, 5) is 11.6. The summed E-state index contributed by atoms with van der Waals surface area (Å²) >= 11 is 5.42. The fraction of sp³-hybridized carbons (Fsp3) is 0.900. The van der Waals surface area contributed by atoms with Crippen LogP contribution in [0.3, 0.4) is 0 Å². The first-order chi connectivity index (χ1) is 12.4.